The number of alkyl halides is 1. The molecule has 0 amide bonds. The van der Waals surface area contributed by atoms with Gasteiger partial charge in [0.05, 0.1) is 30.2 Å². The molecule has 0 aliphatic carbocycles. The molecule has 1 aromatic carbocycles. The van der Waals surface area contributed by atoms with Crippen molar-refractivity contribution in [2.75, 3.05) is 18.0 Å². The number of aryl methyl sites for hydroxylation is 1. The van der Waals surface area contributed by atoms with Crippen LogP contribution in [0.2, 0.25) is 0 Å². The van der Waals surface area contributed by atoms with E-state index in [9.17, 15) is 4.39 Å². The Hall–Kier alpha value is -2.69. The van der Waals surface area contributed by atoms with Gasteiger partial charge in [0.1, 0.15) is 6.17 Å². The number of rotatable bonds is 3. The number of piperidine rings is 1. The molecule has 28 heavy (non-hydrogen) atoms. The summed E-state index contributed by atoms with van der Waals surface area (Å²) in [5.41, 5.74) is 10.2. The average molecular weight is 401 g/mol. The van der Waals surface area contributed by atoms with Gasteiger partial charge in [-0.1, -0.05) is 12.1 Å². The second-order valence-electron chi connectivity index (χ2n) is 7.01. The second-order valence-corrected chi connectivity index (χ2v) is 7.01. The lowest BCUT2D eigenvalue weighted by molar-refractivity contribution is 0.243. The molecule has 1 fully saturated rings. The lowest BCUT2D eigenvalue weighted by Crippen LogP contribution is -2.50. The van der Waals surface area contributed by atoms with Crippen molar-refractivity contribution in [3.05, 3.63) is 59.2 Å². The zero-order valence-electron chi connectivity index (χ0n) is 15.5. The first kappa shape index (κ1) is 20.1. The summed E-state index contributed by atoms with van der Waals surface area (Å²) in [5.74, 6) is 0.759. The molecular formula is C20H22ClFN6. The van der Waals surface area contributed by atoms with Crippen molar-refractivity contribution < 1.29 is 4.39 Å². The van der Waals surface area contributed by atoms with Gasteiger partial charge < -0.3 is 15.2 Å². The van der Waals surface area contributed by atoms with Gasteiger partial charge >= 0.3 is 0 Å². The summed E-state index contributed by atoms with van der Waals surface area (Å²) in [7, 11) is 0. The SMILES string of the molecule is Cl.[C-]#[N+]c1ccc2nc(N3CC[C@@H](F)C(N)C3)n(Cc3ccc(C)nc3)c2c1. The normalized spacial score (nSPS) is 19.3. The number of hydrogen-bond donors (Lipinski definition) is 1. The lowest BCUT2D eigenvalue weighted by Gasteiger charge is -2.34. The number of fused-ring (bicyclic) bond motifs is 1. The molecule has 6 nitrogen and oxygen atoms in total. The van der Waals surface area contributed by atoms with E-state index in [1.807, 2.05) is 42.3 Å². The van der Waals surface area contributed by atoms with Crippen molar-refractivity contribution in [2.24, 2.45) is 5.73 Å². The Bertz CT molecular complexity index is 1010. The Morgan fingerprint density at radius 3 is 2.82 bits per heavy atom. The Kier molecular flexibility index (Phi) is 5.82. The third kappa shape index (κ3) is 3.79. The molecule has 4 rings (SSSR count). The number of anilines is 1. The Morgan fingerprint density at radius 2 is 2.14 bits per heavy atom. The first-order chi connectivity index (χ1) is 13.0. The molecule has 3 heterocycles. The Morgan fingerprint density at radius 1 is 1.32 bits per heavy atom. The van der Waals surface area contributed by atoms with Crippen LogP contribution in [0, 0.1) is 13.5 Å². The summed E-state index contributed by atoms with van der Waals surface area (Å²) in [6.45, 7) is 10.8. The van der Waals surface area contributed by atoms with Crippen LogP contribution in [0.15, 0.2) is 36.5 Å². The zero-order valence-corrected chi connectivity index (χ0v) is 16.4. The predicted octanol–water partition coefficient (Wildman–Crippen LogP) is 3.64. The third-order valence-electron chi connectivity index (χ3n) is 5.01. The van der Waals surface area contributed by atoms with Crippen molar-refractivity contribution in [2.45, 2.75) is 32.1 Å². The van der Waals surface area contributed by atoms with Gasteiger partial charge in [-0.2, -0.15) is 0 Å². The summed E-state index contributed by atoms with van der Waals surface area (Å²) >= 11 is 0. The van der Waals surface area contributed by atoms with Gasteiger partial charge in [-0.3, -0.25) is 4.98 Å². The van der Waals surface area contributed by atoms with Gasteiger partial charge in [-0.25, -0.2) is 14.2 Å². The van der Waals surface area contributed by atoms with Crippen molar-refractivity contribution in [1.29, 1.82) is 0 Å². The topological polar surface area (TPSA) is 64.3 Å². The summed E-state index contributed by atoms with van der Waals surface area (Å²) in [5, 5.41) is 0. The molecule has 2 N–H and O–H groups in total. The van der Waals surface area contributed by atoms with E-state index in [1.54, 1.807) is 6.07 Å². The summed E-state index contributed by atoms with van der Waals surface area (Å²) in [6, 6.07) is 8.97. The number of aromatic nitrogens is 3. The molecule has 2 atom stereocenters. The highest BCUT2D eigenvalue weighted by molar-refractivity contribution is 5.85. The molecule has 2 aromatic heterocycles. The van der Waals surface area contributed by atoms with E-state index >= 15 is 0 Å². The van der Waals surface area contributed by atoms with Crippen LogP contribution in [0.25, 0.3) is 15.9 Å². The average Bonchev–Trinajstić information content (AvgIpc) is 3.03. The summed E-state index contributed by atoms with van der Waals surface area (Å²) in [4.78, 5) is 14.7. The minimum absolute atomic E-state index is 0. The van der Waals surface area contributed by atoms with Gasteiger partial charge in [-0.05, 0) is 37.1 Å². The molecule has 8 heteroatoms. The molecule has 0 saturated carbocycles. The van der Waals surface area contributed by atoms with Crippen LogP contribution in [0.1, 0.15) is 17.7 Å². The molecule has 0 radical (unpaired) electrons. The predicted molar refractivity (Wildman–Crippen MR) is 111 cm³/mol. The molecule has 0 bridgehead atoms. The number of nitrogens with zero attached hydrogens (tertiary/aromatic N) is 5. The van der Waals surface area contributed by atoms with Crippen LogP contribution in [0.5, 0.6) is 0 Å². The van der Waals surface area contributed by atoms with Crippen molar-refractivity contribution in [1.82, 2.24) is 14.5 Å². The summed E-state index contributed by atoms with van der Waals surface area (Å²) < 4.78 is 15.9. The van der Waals surface area contributed by atoms with E-state index in [-0.39, 0.29) is 12.4 Å². The third-order valence-corrected chi connectivity index (χ3v) is 5.01. The minimum atomic E-state index is -0.978. The fourth-order valence-corrected chi connectivity index (χ4v) is 3.47. The maximum Gasteiger partial charge on any atom is 0.206 e. The van der Waals surface area contributed by atoms with Gasteiger partial charge in [0, 0.05) is 25.0 Å². The number of benzene rings is 1. The molecular weight excluding hydrogens is 379 g/mol. The Labute approximate surface area is 169 Å². The summed E-state index contributed by atoms with van der Waals surface area (Å²) in [6.07, 6.45) is 1.27. The van der Waals surface area contributed by atoms with Gasteiger partial charge in [0.25, 0.3) is 0 Å². The Balaban J connectivity index is 0.00000225. The molecule has 1 aliphatic heterocycles. The number of halogens is 2. The molecule has 0 spiro atoms. The van der Waals surface area contributed by atoms with E-state index < -0.39 is 12.2 Å². The lowest BCUT2D eigenvalue weighted by atomic mass is 10.1. The second kappa shape index (κ2) is 8.13. The van der Waals surface area contributed by atoms with Crippen LogP contribution < -0.4 is 10.6 Å². The van der Waals surface area contributed by atoms with E-state index in [1.165, 1.54) is 0 Å². The zero-order chi connectivity index (χ0) is 19.0. The van der Waals surface area contributed by atoms with Crippen LogP contribution in [0.3, 0.4) is 0 Å². The molecule has 1 aliphatic rings. The standard InChI is InChI=1S/C20H21FN6.ClH/c1-13-3-4-14(10-24-13)11-27-19-9-15(23-2)5-6-18(19)25-20(27)26-8-7-16(21)17(22)12-26;/h3-6,9-10,16-17H,7-8,11-12,22H2,1H3;1H/t16-,17?;/m1./s1. The van der Waals surface area contributed by atoms with E-state index in [2.05, 4.69) is 14.4 Å². The van der Waals surface area contributed by atoms with Gasteiger partial charge in [-0.15, -0.1) is 12.4 Å². The largest absolute Gasteiger partial charge is 0.340 e. The maximum absolute atomic E-state index is 13.8. The molecule has 1 saturated heterocycles. The smallest absolute Gasteiger partial charge is 0.206 e. The monoisotopic (exact) mass is 400 g/mol. The number of hydrogen-bond acceptors (Lipinski definition) is 4. The molecule has 146 valence electrons. The van der Waals surface area contributed by atoms with E-state index in [4.69, 9.17) is 17.3 Å². The van der Waals surface area contributed by atoms with Crippen molar-refractivity contribution in [3.8, 4) is 0 Å². The fourth-order valence-electron chi connectivity index (χ4n) is 3.47. The van der Waals surface area contributed by atoms with Crippen LogP contribution in [0.4, 0.5) is 16.0 Å². The highest BCUT2D eigenvalue weighted by Crippen LogP contribution is 2.29. The highest BCUT2D eigenvalue weighted by atomic mass is 35.5. The number of nitrogens with two attached hydrogens (primary N) is 1. The first-order valence-corrected chi connectivity index (χ1v) is 8.99. The highest BCUT2D eigenvalue weighted by Gasteiger charge is 2.29. The van der Waals surface area contributed by atoms with Gasteiger partial charge in [0.2, 0.25) is 5.95 Å². The first-order valence-electron chi connectivity index (χ1n) is 8.99. The quantitative estimate of drug-likeness (QED) is 0.682. The van der Waals surface area contributed by atoms with Crippen molar-refractivity contribution >= 4 is 35.1 Å². The molecule has 3 aromatic rings. The van der Waals surface area contributed by atoms with E-state index in [0.29, 0.717) is 31.7 Å². The van der Waals surface area contributed by atoms with Gasteiger partial charge in [0.15, 0.2) is 5.69 Å². The van der Waals surface area contributed by atoms with Crippen LogP contribution in [-0.2, 0) is 6.54 Å². The number of imidazole rings is 1. The van der Waals surface area contributed by atoms with Crippen LogP contribution in [-0.4, -0.2) is 39.8 Å². The van der Waals surface area contributed by atoms with E-state index in [0.717, 1.165) is 28.2 Å². The van der Waals surface area contributed by atoms with Crippen LogP contribution >= 0.6 is 12.4 Å². The maximum atomic E-state index is 13.8. The minimum Gasteiger partial charge on any atom is -0.340 e. The van der Waals surface area contributed by atoms with Crippen molar-refractivity contribution in [3.63, 3.8) is 0 Å². The molecule has 1 unspecified atom stereocenters. The fraction of sp³-hybridized carbons (Fsp3) is 0.350. The number of pyridine rings is 1.